The zero-order valence-corrected chi connectivity index (χ0v) is 12.1. The van der Waals surface area contributed by atoms with E-state index >= 15 is 0 Å². The molecule has 0 aliphatic heterocycles. The third kappa shape index (κ3) is 3.74. The molecule has 0 aliphatic rings. The van der Waals surface area contributed by atoms with E-state index in [1.807, 2.05) is 43.0 Å². The first-order valence-corrected chi connectivity index (χ1v) is 6.39. The number of hydrogen-bond donors (Lipinski definition) is 1. The maximum absolute atomic E-state index is 8.29. The molecule has 0 fully saturated rings. The SMILES string of the molecule is CCN(CC)C(=N)/C(=C\OC)c1ccc(OC)cc1. The minimum Gasteiger partial charge on any atom is -0.504 e. The molecule has 19 heavy (non-hydrogen) atoms. The first kappa shape index (κ1) is 15.1. The number of benzene rings is 1. The first-order valence-electron chi connectivity index (χ1n) is 6.39. The average Bonchev–Trinajstić information content (AvgIpc) is 2.46. The van der Waals surface area contributed by atoms with Gasteiger partial charge in [-0.3, -0.25) is 5.41 Å². The number of amidine groups is 1. The van der Waals surface area contributed by atoms with Gasteiger partial charge < -0.3 is 14.4 Å². The molecular formula is C15H22N2O2. The molecule has 104 valence electrons. The van der Waals surface area contributed by atoms with E-state index in [4.69, 9.17) is 14.9 Å². The van der Waals surface area contributed by atoms with Crippen LogP contribution in [0, 0.1) is 5.41 Å². The second-order valence-electron chi connectivity index (χ2n) is 4.02. The first-order chi connectivity index (χ1) is 9.17. The summed E-state index contributed by atoms with van der Waals surface area (Å²) in [6.45, 7) is 5.67. The summed E-state index contributed by atoms with van der Waals surface area (Å²) in [5.74, 6) is 1.27. The van der Waals surface area contributed by atoms with Gasteiger partial charge in [-0.05, 0) is 31.5 Å². The Bertz CT molecular complexity index is 434. The van der Waals surface area contributed by atoms with Crippen molar-refractivity contribution in [2.75, 3.05) is 27.3 Å². The third-order valence-electron chi connectivity index (χ3n) is 2.97. The highest BCUT2D eigenvalue weighted by Gasteiger charge is 2.14. The second-order valence-corrected chi connectivity index (χ2v) is 4.02. The zero-order chi connectivity index (χ0) is 14.3. The Morgan fingerprint density at radius 1 is 1.16 bits per heavy atom. The lowest BCUT2D eigenvalue weighted by Gasteiger charge is -2.23. The molecule has 1 aromatic carbocycles. The monoisotopic (exact) mass is 262 g/mol. The van der Waals surface area contributed by atoms with Crippen LogP contribution in [0.4, 0.5) is 0 Å². The summed E-state index contributed by atoms with van der Waals surface area (Å²) in [7, 11) is 3.23. The predicted octanol–water partition coefficient (Wildman–Crippen LogP) is 3.00. The van der Waals surface area contributed by atoms with E-state index in [1.54, 1.807) is 20.5 Å². The summed E-state index contributed by atoms with van der Waals surface area (Å²) in [6.07, 6.45) is 1.61. The normalized spacial score (nSPS) is 11.1. The van der Waals surface area contributed by atoms with Crippen LogP contribution in [0.1, 0.15) is 19.4 Å². The van der Waals surface area contributed by atoms with Gasteiger partial charge >= 0.3 is 0 Å². The van der Waals surface area contributed by atoms with Gasteiger partial charge in [-0.15, -0.1) is 0 Å². The van der Waals surface area contributed by atoms with Crippen LogP contribution in [-0.2, 0) is 4.74 Å². The van der Waals surface area contributed by atoms with Crippen molar-refractivity contribution in [1.82, 2.24) is 4.90 Å². The Balaban J connectivity index is 3.06. The lowest BCUT2D eigenvalue weighted by atomic mass is 10.1. The number of rotatable bonds is 6. The molecule has 0 heterocycles. The fourth-order valence-electron chi connectivity index (χ4n) is 1.86. The van der Waals surface area contributed by atoms with Crippen LogP contribution in [0.15, 0.2) is 30.5 Å². The van der Waals surface area contributed by atoms with Crippen molar-refractivity contribution in [2.45, 2.75) is 13.8 Å². The Labute approximate surface area is 115 Å². The van der Waals surface area contributed by atoms with Crippen molar-refractivity contribution in [3.8, 4) is 5.75 Å². The molecule has 1 N–H and O–H groups in total. The average molecular weight is 262 g/mol. The number of nitrogens with zero attached hydrogens (tertiary/aromatic N) is 1. The van der Waals surface area contributed by atoms with Crippen molar-refractivity contribution in [3.05, 3.63) is 36.1 Å². The number of methoxy groups -OCH3 is 2. The van der Waals surface area contributed by atoms with E-state index in [-0.39, 0.29) is 0 Å². The summed E-state index contributed by atoms with van der Waals surface area (Å²) in [4.78, 5) is 1.98. The van der Waals surface area contributed by atoms with Gasteiger partial charge in [0.1, 0.15) is 11.6 Å². The van der Waals surface area contributed by atoms with Gasteiger partial charge in [0.2, 0.25) is 0 Å². The molecule has 4 heteroatoms. The van der Waals surface area contributed by atoms with Crippen molar-refractivity contribution < 1.29 is 9.47 Å². The van der Waals surface area contributed by atoms with Crippen LogP contribution >= 0.6 is 0 Å². The van der Waals surface area contributed by atoms with E-state index in [0.29, 0.717) is 5.84 Å². The Morgan fingerprint density at radius 3 is 2.16 bits per heavy atom. The number of hydrogen-bond acceptors (Lipinski definition) is 3. The molecule has 0 radical (unpaired) electrons. The van der Waals surface area contributed by atoms with Crippen molar-refractivity contribution in [3.63, 3.8) is 0 Å². The fraction of sp³-hybridized carbons (Fsp3) is 0.400. The van der Waals surface area contributed by atoms with Gasteiger partial charge in [0, 0.05) is 13.1 Å². The van der Waals surface area contributed by atoms with Crippen molar-refractivity contribution in [1.29, 1.82) is 5.41 Å². The molecule has 0 saturated carbocycles. The predicted molar refractivity (Wildman–Crippen MR) is 78.6 cm³/mol. The van der Waals surface area contributed by atoms with E-state index < -0.39 is 0 Å². The summed E-state index contributed by atoms with van der Waals surface area (Å²) < 4.78 is 10.3. The smallest absolute Gasteiger partial charge is 0.131 e. The maximum Gasteiger partial charge on any atom is 0.131 e. The third-order valence-corrected chi connectivity index (χ3v) is 2.97. The molecule has 0 unspecified atom stereocenters. The van der Waals surface area contributed by atoms with E-state index in [1.165, 1.54) is 0 Å². The Hall–Kier alpha value is -1.97. The van der Waals surface area contributed by atoms with Crippen LogP contribution in [0.5, 0.6) is 5.75 Å². The van der Waals surface area contributed by atoms with Crippen LogP contribution in [0.3, 0.4) is 0 Å². The topological polar surface area (TPSA) is 45.6 Å². The molecule has 0 spiro atoms. The van der Waals surface area contributed by atoms with Gasteiger partial charge in [0.25, 0.3) is 0 Å². The number of likely N-dealkylation sites (N-methyl/N-ethyl adjacent to an activating group) is 1. The van der Waals surface area contributed by atoms with E-state index in [9.17, 15) is 0 Å². The number of ether oxygens (including phenoxy) is 2. The standard InChI is InChI=1S/C15H22N2O2/c1-5-17(6-2)15(16)14(11-18-3)12-7-9-13(19-4)10-8-12/h7-11,16H,5-6H2,1-4H3/b14-11-,16-15?. The number of nitrogens with one attached hydrogen (secondary N) is 1. The van der Waals surface area contributed by atoms with Crippen LogP contribution < -0.4 is 4.74 Å². The fourth-order valence-corrected chi connectivity index (χ4v) is 1.86. The van der Waals surface area contributed by atoms with E-state index in [2.05, 4.69) is 0 Å². The lowest BCUT2D eigenvalue weighted by Crippen LogP contribution is -2.30. The van der Waals surface area contributed by atoms with Gasteiger partial charge in [-0.25, -0.2) is 0 Å². The molecule has 0 saturated heterocycles. The molecule has 4 nitrogen and oxygen atoms in total. The molecule has 1 rings (SSSR count). The lowest BCUT2D eigenvalue weighted by molar-refractivity contribution is 0.339. The van der Waals surface area contributed by atoms with Crippen LogP contribution in [0.2, 0.25) is 0 Å². The summed E-state index contributed by atoms with van der Waals surface area (Å²) in [6, 6.07) is 7.63. The highest BCUT2D eigenvalue weighted by Crippen LogP contribution is 2.21. The van der Waals surface area contributed by atoms with Crippen molar-refractivity contribution in [2.24, 2.45) is 0 Å². The zero-order valence-electron chi connectivity index (χ0n) is 12.1. The van der Waals surface area contributed by atoms with Crippen molar-refractivity contribution >= 4 is 11.4 Å². The highest BCUT2D eigenvalue weighted by atomic mass is 16.5. The van der Waals surface area contributed by atoms with E-state index in [0.717, 1.165) is 30.0 Å². The summed E-state index contributed by atoms with van der Waals surface area (Å²) in [5, 5.41) is 8.29. The maximum atomic E-state index is 8.29. The Morgan fingerprint density at radius 2 is 1.74 bits per heavy atom. The van der Waals surface area contributed by atoms with Gasteiger partial charge in [-0.1, -0.05) is 12.1 Å². The van der Waals surface area contributed by atoms with Gasteiger partial charge in [0.15, 0.2) is 0 Å². The van der Waals surface area contributed by atoms with Gasteiger partial charge in [0.05, 0.1) is 26.1 Å². The molecule has 0 amide bonds. The Kier molecular flexibility index (Phi) is 5.93. The second kappa shape index (κ2) is 7.46. The quantitative estimate of drug-likeness (QED) is 0.487. The molecule has 0 aromatic heterocycles. The van der Waals surface area contributed by atoms with Crippen LogP contribution in [-0.4, -0.2) is 38.0 Å². The molecule has 1 aromatic rings. The minimum atomic E-state index is 0.469. The summed E-state index contributed by atoms with van der Waals surface area (Å²) in [5.41, 5.74) is 1.72. The summed E-state index contributed by atoms with van der Waals surface area (Å²) >= 11 is 0. The highest BCUT2D eigenvalue weighted by molar-refractivity contribution is 6.20. The largest absolute Gasteiger partial charge is 0.504 e. The minimum absolute atomic E-state index is 0.469. The molecule has 0 atom stereocenters. The molecular weight excluding hydrogens is 240 g/mol. The molecule has 0 aliphatic carbocycles. The van der Waals surface area contributed by atoms with Gasteiger partial charge in [-0.2, -0.15) is 0 Å². The molecule has 0 bridgehead atoms. The van der Waals surface area contributed by atoms with Crippen LogP contribution in [0.25, 0.3) is 5.57 Å².